The molecule has 0 bridgehead atoms. The van der Waals surface area contributed by atoms with E-state index in [4.69, 9.17) is 17.0 Å². The first-order valence-electron chi connectivity index (χ1n) is 9.11. The molecule has 0 saturated carbocycles. The van der Waals surface area contributed by atoms with Crippen LogP contribution in [0.4, 0.5) is 11.4 Å². The quantitative estimate of drug-likeness (QED) is 0.595. The van der Waals surface area contributed by atoms with Gasteiger partial charge in [-0.05, 0) is 61.0 Å². The van der Waals surface area contributed by atoms with E-state index in [0.717, 1.165) is 35.5 Å². The molecule has 6 nitrogen and oxygen atoms in total. The van der Waals surface area contributed by atoms with Gasteiger partial charge in [0.25, 0.3) is 0 Å². The number of methoxy groups -OCH3 is 1. The fraction of sp³-hybridized carbons (Fsp3) is 0.286. The second-order valence-electron chi connectivity index (χ2n) is 6.60. The van der Waals surface area contributed by atoms with E-state index in [2.05, 4.69) is 10.6 Å². The molecule has 1 saturated heterocycles. The third-order valence-corrected chi connectivity index (χ3v) is 4.98. The maximum Gasteiger partial charge on any atom is 0.338 e. The van der Waals surface area contributed by atoms with Crippen molar-refractivity contribution in [2.75, 3.05) is 23.9 Å². The van der Waals surface area contributed by atoms with Gasteiger partial charge >= 0.3 is 5.97 Å². The number of nitrogens with zero attached hydrogens (tertiary/aromatic N) is 1. The van der Waals surface area contributed by atoms with E-state index in [9.17, 15) is 9.59 Å². The van der Waals surface area contributed by atoms with Crippen LogP contribution < -0.4 is 15.5 Å². The molecule has 0 atom stereocenters. The number of thiocarbonyl (C=S) groups is 1. The van der Waals surface area contributed by atoms with Crippen molar-refractivity contribution in [3.63, 3.8) is 0 Å². The van der Waals surface area contributed by atoms with Gasteiger partial charge in [0.15, 0.2) is 5.11 Å². The average Bonchev–Trinajstić information content (AvgIpc) is 3.13. The van der Waals surface area contributed by atoms with Gasteiger partial charge in [-0.25, -0.2) is 4.79 Å². The Morgan fingerprint density at radius 1 is 1.25 bits per heavy atom. The number of benzene rings is 2. The van der Waals surface area contributed by atoms with Gasteiger partial charge in [0.1, 0.15) is 0 Å². The van der Waals surface area contributed by atoms with E-state index in [-0.39, 0.29) is 11.9 Å². The minimum atomic E-state index is -0.381. The summed E-state index contributed by atoms with van der Waals surface area (Å²) in [6.45, 7) is 3.14. The molecule has 7 heteroatoms. The monoisotopic (exact) mass is 397 g/mol. The van der Waals surface area contributed by atoms with Crippen LogP contribution in [-0.2, 0) is 16.1 Å². The molecule has 2 aromatic rings. The molecule has 146 valence electrons. The molecule has 1 heterocycles. The maximum absolute atomic E-state index is 11.9. The standard InChI is InChI=1S/C21H23N3O3S/c1-14-17(20(26)27-2)8-4-9-18(14)23-21(28)22-13-15-6-3-7-16(12-15)24-11-5-10-19(24)25/h3-4,6-9,12H,5,10-11,13H2,1-2H3,(H2,22,23,28). The number of carbonyl (C=O) groups is 2. The Morgan fingerprint density at radius 3 is 2.75 bits per heavy atom. The second kappa shape index (κ2) is 8.84. The molecule has 1 aliphatic rings. The second-order valence-corrected chi connectivity index (χ2v) is 7.00. The first-order chi connectivity index (χ1) is 13.5. The molecule has 1 fully saturated rings. The normalized spacial score (nSPS) is 13.4. The Balaban J connectivity index is 1.62. The Labute approximate surface area is 169 Å². The summed E-state index contributed by atoms with van der Waals surface area (Å²) in [5, 5.41) is 6.74. The zero-order chi connectivity index (χ0) is 20.1. The Morgan fingerprint density at radius 2 is 2.04 bits per heavy atom. The highest BCUT2D eigenvalue weighted by molar-refractivity contribution is 7.80. The number of rotatable bonds is 5. The lowest BCUT2D eigenvalue weighted by Gasteiger charge is -2.17. The lowest BCUT2D eigenvalue weighted by molar-refractivity contribution is -0.117. The van der Waals surface area contributed by atoms with Crippen molar-refractivity contribution in [1.82, 2.24) is 5.32 Å². The third-order valence-electron chi connectivity index (χ3n) is 4.74. The third kappa shape index (κ3) is 4.48. The van der Waals surface area contributed by atoms with Crippen LogP contribution in [-0.4, -0.2) is 30.6 Å². The van der Waals surface area contributed by atoms with Gasteiger partial charge in [0.2, 0.25) is 5.91 Å². The number of anilines is 2. The van der Waals surface area contributed by atoms with E-state index in [1.54, 1.807) is 12.1 Å². The van der Waals surface area contributed by atoms with Crippen LogP contribution in [0.25, 0.3) is 0 Å². The van der Waals surface area contributed by atoms with Crippen molar-refractivity contribution in [3.05, 3.63) is 59.2 Å². The van der Waals surface area contributed by atoms with Crippen LogP contribution in [0.15, 0.2) is 42.5 Å². The highest BCUT2D eigenvalue weighted by Crippen LogP contribution is 2.22. The van der Waals surface area contributed by atoms with Gasteiger partial charge in [0, 0.05) is 30.9 Å². The van der Waals surface area contributed by atoms with Crippen LogP contribution in [0.2, 0.25) is 0 Å². The van der Waals surface area contributed by atoms with Gasteiger partial charge in [-0.15, -0.1) is 0 Å². The predicted molar refractivity (Wildman–Crippen MR) is 114 cm³/mol. The summed E-state index contributed by atoms with van der Waals surface area (Å²) in [4.78, 5) is 25.6. The van der Waals surface area contributed by atoms with E-state index >= 15 is 0 Å². The number of amides is 1. The first kappa shape index (κ1) is 19.8. The molecule has 1 amide bonds. The van der Waals surface area contributed by atoms with Gasteiger partial charge in [0.05, 0.1) is 12.7 Å². The fourth-order valence-electron chi connectivity index (χ4n) is 3.21. The molecule has 0 spiro atoms. The van der Waals surface area contributed by atoms with Crippen LogP contribution in [0.1, 0.15) is 34.3 Å². The Kier molecular flexibility index (Phi) is 6.26. The minimum absolute atomic E-state index is 0.170. The van der Waals surface area contributed by atoms with E-state index < -0.39 is 0 Å². The van der Waals surface area contributed by atoms with E-state index in [1.165, 1.54) is 7.11 Å². The molecule has 0 radical (unpaired) electrons. The molecule has 28 heavy (non-hydrogen) atoms. The highest BCUT2D eigenvalue weighted by atomic mass is 32.1. The van der Waals surface area contributed by atoms with Gasteiger partial charge < -0.3 is 20.3 Å². The lowest BCUT2D eigenvalue weighted by Crippen LogP contribution is -2.28. The summed E-state index contributed by atoms with van der Waals surface area (Å²) in [5.74, 6) is -0.212. The summed E-state index contributed by atoms with van der Waals surface area (Å²) in [7, 11) is 1.36. The molecule has 1 aliphatic heterocycles. The van der Waals surface area contributed by atoms with Crippen molar-refractivity contribution in [1.29, 1.82) is 0 Å². The topological polar surface area (TPSA) is 70.7 Å². The lowest BCUT2D eigenvalue weighted by atomic mass is 10.1. The molecular formula is C21H23N3O3S. The van der Waals surface area contributed by atoms with E-state index in [1.807, 2.05) is 42.2 Å². The summed E-state index contributed by atoms with van der Waals surface area (Å²) < 4.78 is 4.80. The molecule has 2 N–H and O–H groups in total. The average molecular weight is 398 g/mol. The molecular weight excluding hydrogens is 374 g/mol. The predicted octanol–water partition coefficient (Wildman–Crippen LogP) is 3.40. The summed E-state index contributed by atoms with van der Waals surface area (Å²) in [6.07, 6.45) is 1.51. The Hall–Kier alpha value is -2.93. The van der Waals surface area contributed by atoms with Gasteiger partial charge in [-0.2, -0.15) is 0 Å². The summed E-state index contributed by atoms with van der Waals surface area (Å²) >= 11 is 5.39. The number of nitrogens with one attached hydrogen (secondary N) is 2. The maximum atomic E-state index is 11.9. The summed E-state index contributed by atoms with van der Waals surface area (Å²) in [6, 6.07) is 13.2. The zero-order valence-corrected chi connectivity index (χ0v) is 16.8. The van der Waals surface area contributed by atoms with Crippen LogP contribution in [0, 0.1) is 6.92 Å². The van der Waals surface area contributed by atoms with Crippen LogP contribution in [0.5, 0.6) is 0 Å². The smallest absolute Gasteiger partial charge is 0.338 e. The molecule has 0 aliphatic carbocycles. The molecule has 3 rings (SSSR count). The number of carbonyl (C=O) groups excluding carboxylic acids is 2. The van der Waals surface area contributed by atoms with Crippen molar-refractivity contribution in [3.8, 4) is 0 Å². The van der Waals surface area contributed by atoms with Crippen molar-refractivity contribution < 1.29 is 14.3 Å². The number of hydrogen-bond acceptors (Lipinski definition) is 4. The molecule has 0 aromatic heterocycles. The van der Waals surface area contributed by atoms with Crippen molar-refractivity contribution in [2.24, 2.45) is 0 Å². The minimum Gasteiger partial charge on any atom is -0.465 e. The first-order valence-corrected chi connectivity index (χ1v) is 9.52. The zero-order valence-electron chi connectivity index (χ0n) is 16.0. The van der Waals surface area contributed by atoms with Gasteiger partial charge in [-0.3, -0.25) is 4.79 Å². The Bertz CT molecular complexity index is 914. The largest absolute Gasteiger partial charge is 0.465 e. The number of esters is 1. The number of hydrogen-bond donors (Lipinski definition) is 2. The molecule has 2 aromatic carbocycles. The highest BCUT2D eigenvalue weighted by Gasteiger charge is 2.21. The van der Waals surface area contributed by atoms with Crippen LogP contribution >= 0.6 is 12.2 Å². The number of ether oxygens (including phenoxy) is 1. The van der Waals surface area contributed by atoms with Crippen molar-refractivity contribution >= 4 is 40.6 Å². The van der Waals surface area contributed by atoms with Crippen LogP contribution in [0.3, 0.4) is 0 Å². The SMILES string of the molecule is COC(=O)c1cccc(NC(=S)NCc2cccc(N3CCCC3=O)c2)c1C. The molecule has 0 unspecified atom stereocenters. The van der Waals surface area contributed by atoms with E-state index in [0.29, 0.717) is 23.6 Å². The fourth-order valence-corrected chi connectivity index (χ4v) is 3.39. The van der Waals surface area contributed by atoms with Gasteiger partial charge in [-0.1, -0.05) is 18.2 Å². The summed E-state index contributed by atoms with van der Waals surface area (Å²) in [5.41, 5.74) is 3.96. The van der Waals surface area contributed by atoms with Crippen molar-refractivity contribution in [2.45, 2.75) is 26.3 Å².